The molecule has 1 saturated carbocycles. The van der Waals surface area contributed by atoms with Crippen molar-refractivity contribution in [2.75, 3.05) is 32.4 Å². The van der Waals surface area contributed by atoms with Crippen LogP contribution in [0.4, 0.5) is 0 Å². The Morgan fingerprint density at radius 3 is 2.77 bits per heavy atom. The van der Waals surface area contributed by atoms with Crippen molar-refractivity contribution < 1.29 is 0 Å². The minimum absolute atomic E-state index is 0.771. The van der Waals surface area contributed by atoms with Gasteiger partial charge in [-0.2, -0.15) is 0 Å². The number of hydrogen-bond donors (Lipinski definition) is 1. The van der Waals surface area contributed by atoms with E-state index in [1.165, 1.54) is 36.3 Å². The summed E-state index contributed by atoms with van der Waals surface area (Å²) < 4.78 is 0. The van der Waals surface area contributed by atoms with E-state index in [2.05, 4.69) is 45.5 Å². The number of guanidine groups is 1. The fourth-order valence-electron chi connectivity index (χ4n) is 3.02. The molecule has 1 aliphatic carbocycles. The third kappa shape index (κ3) is 4.67. The van der Waals surface area contributed by atoms with Crippen molar-refractivity contribution in [1.82, 2.24) is 10.2 Å². The molecule has 3 rings (SSSR count). The number of benzene rings is 1. The topological polar surface area (TPSA) is 27.6 Å². The number of nitrogens with zero attached hydrogens (tertiary/aromatic N) is 2. The first-order valence-electron chi connectivity index (χ1n) is 8.48. The van der Waals surface area contributed by atoms with Gasteiger partial charge in [-0.15, -0.1) is 11.8 Å². The van der Waals surface area contributed by atoms with Crippen molar-refractivity contribution in [1.29, 1.82) is 0 Å². The van der Waals surface area contributed by atoms with Gasteiger partial charge >= 0.3 is 0 Å². The molecule has 22 heavy (non-hydrogen) atoms. The lowest BCUT2D eigenvalue weighted by molar-refractivity contribution is 0.472. The van der Waals surface area contributed by atoms with E-state index < -0.39 is 0 Å². The predicted octanol–water partition coefficient (Wildman–Crippen LogP) is 3.48. The van der Waals surface area contributed by atoms with E-state index in [4.69, 9.17) is 0 Å². The van der Waals surface area contributed by atoms with Gasteiger partial charge in [-0.3, -0.25) is 4.99 Å². The van der Waals surface area contributed by atoms with Crippen LogP contribution in [0.25, 0.3) is 0 Å². The molecule has 1 N–H and O–H groups in total. The zero-order chi connectivity index (χ0) is 15.2. The third-order valence-corrected chi connectivity index (χ3v) is 5.80. The first-order valence-corrected chi connectivity index (χ1v) is 9.47. The molecule has 1 aromatic rings. The summed E-state index contributed by atoms with van der Waals surface area (Å²) in [5.41, 5.74) is 0. The van der Waals surface area contributed by atoms with Crippen LogP contribution < -0.4 is 5.32 Å². The number of hydrogen-bond acceptors (Lipinski definition) is 2. The zero-order valence-electron chi connectivity index (χ0n) is 13.5. The van der Waals surface area contributed by atoms with Gasteiger partial charge in [-0.05, 0) is 36.8 Å². The lowest BCUT2D eigenvalue weighted by atomic mass is 10.2. The van der Waals surface area contributed by atoms with Gasteiger partial charge < -0.3 is 10.2 Å². The van der Waals surface area contributed by atoms with Gasteiger partial charge in [-0.25, -0.2) is 0 Å². The maximum absolute atomic E-state index is 4.46. The second kappa shape index (κ2) is 7.91. The molecule has 1 heterocycles. The minimum atomic E-state index is 0.771. The van der Waals surface area contributed by atoms with Crippen LogP contribution in [-0.2, 0) is 0 Å². The number of rotatable bonds is 6. The minimum Gasteiger partial charge on any atom is -0.356 e. The van der Waals surface area contributed by atoms with Gasteiger partial charge in [0.2, 0.25) is 0 Å². The van der Waals surface area contributed by atoms with Gasteiger partial charge in [0.15, 0.2) is 5.96 Å². The first-order chi connectivity index (χ1) is 10.8. The molecular formula is C18H27N3S. The second-order valence-electron chi connectivity index (χ2n) is 6.43. The van der Waals surface area contributed by atoms with Crippen LogP contribution in [0, 0.1) is 11.8 Å². The molecular weight excluding hydrogens is 290 g/mol. The molecule has 2 fully saturated rings. The molecule has 1 unspecified atom stereocenters. The molecule has 2 aliphatic rings. The standard InChI is InChI=1S/C18H27N3S/c1-19-18(20-11-9-15-7-8-15)21-12-10-16(13-21)14-22-17-5-3-2-4-6-17/h2-6,15-16H,7-14H2,1H3,(H,19,20). The molecule has 0 spiro atoms. The van der Waals surface area contributed by atoms with Gasteiger partial charge in [0.25, 0.3) is 0 Å². The molecule has 0 aromatic heterocycles. The van der Waals surface area contributed by atoms with E-state index in [0.29, 0.717) is 0 Å². The molecule has 4 heteroatoms. The monoisotopic (exact) mass is 317 g/mol. The van der Waals surface area contributed by atoms with Crippen molar-refractivity contribution in [3.63, 3.8) is 0 Å². The molecule has 1 aromatic carbocycles. The van der Waals surface area contributed by atoms with Crippen LogP contribution >= 0.6 is 11.8 Å². The second-order valence-corrected chi connectivity index (χ2v) is 7.52. The van der Waals surface area contributed by atoms with E-state index in [0.717, 1.165) is 37.4 Å². The van der Waals surface area contributed by atoms with Gasteiger partial charge in [0.1, 0.15) is 0 Å². The maximum atomic E-state index is 4.46. The fraction of sp³-hybridized carbons (Fsp3) is 0.611. The lowest BCUT2D eigenvalue weighted by Gasteiger charge is -2.21. The van der Waals surface area contributed by atoms with E-state index in [9.17, 15) is 0 Å². The largest absolute Gasteiger partial charge is 0.356 e. The Hall–Kier alpha value is -1.16. The SMILES string of the molecule is CN=C(NCCC1CC1)N1CCC(CSc2ccccc2)C1. The predicted molar refractivity (Wildman–Crippen MR) is 95.5 cm³/mol. The Balaban J connectivity index is 1.40. The van der Waals surface area contributed by atoms with Crippen LogP contribution in [0.15, 0.2) is 40.2 Å². The summed E-state index contributed by atoms with van der Waals surface area (Å²) in [7, 11) is 1.91. The average molecular weight is 318 g/mol. The number of nitrogens with one attached hydrogen (secondary N) is 1. The van der Waals surface area contributed by atoms with Crippen molar-refractivity contribution in [3.05, 3.63) is 30.3 Å². The van der Waals surface area contributed by atoms with E-state index in [1.807, 2.05) is 18.8 Å². The van der Waals surface area contributed by atoms with E-state index in [1.54, 1.807) is 0 Å². The van der Waals surface area contributed by atoms with Crippen LogP contribution in [0.1, 0.15) is 25.7 Å². The highest BCUT2D eigenvalue weighted by Crippen LogP contribution is 2.31. The lowest BCUT2D eigenvalue weighted by Crippen LogP contribution is -2.40. The third-order valence-electron chi connectivity index (χ3n) is 4.56. The average Bonchev–Trinajstić information content (AvgIpc) is 3.27. The summed E-state index contributed by atoms with van der Waals surface area (Å²) in [6.07, 6.45) is 5.45. The molecule has 0 amide bonds. The first kappa shape index (κ1) is 15.7. The van der Waals surface area contributed by atoms with Crippen LogP contribution in [0.2, 0.25) is 0 Å². The van der Waals surface area contributed by atoms with Crippen molar-refractivity contribution in [2.45, 2.75) is 30.6 Å². The quantitative estimate of drug-likeness (QED) is 0.494. The molecule has 3 nitrogen and oxygen atoms in total. The number of aliphatic imine (C=N–C) groups is 1. The Morgan fingerprint density at radius 1 is 1.23 bits per heavy atom. The number of likely N-dealkylation sites (tertiary alicyclic amines) is 1. The highest BCUT2D eigenvalue weighted by molar-refractivity contribution is 7.99. The summed E-state index contributed by atoms with van der Waals surface area (Å²) in [4.78, 5) is 8.28. The Labute approximate surface area is 138 Å². The van der Waals surface area contributed by atoms with Crippen molar-refractivity contribution in [3.8, 4) is 0 Å². The van der Waals surface area contributed by atoms with E-state index >= 15 is 0 Å². The van der Waals surface area contributed by atoms with Gasteiger partial charge in [0, 0.05) is 37.3 Å². The highest BCUT2D eigenvalue weighted by atomic mass is 32.2. The molecule has 0 bridgehead atoms. The molecule has 1 atom stereocenters. The molecule has 1 saturated heterocycles. The normalized spacial score (nSPS) is 22.1. The summed E-state index contributed by atoms with van der Waals surface area (Å²) in [6.45, 7) is 3.36. The molecule has 120 valence electrons. The van der Waals surface area contributed by atoms with Gasteiger partial charge in [-0.1, -0.05) is 31.0 Å². The smallest absolute Gasteiger partial charge is 0.193 e. The van der Waals surface area contributed by atoms with Crippen molar-refractivity contribution >= 4 is 17.7 Å². The fourth-order valence-corrected chi connectivity index (χ4v) is 4.07. The highest BCUT2D eigenvalue weighted by Gasteiger charge is 2.25. The van der Waals surface area contributed by atoms with Crippen LogP contribution in [0.3, 0.4) is 0 Å². The summed E-state index contributed by atoms with van der Waals surface area (Å²) in [5, 5.41) is 3.55. The zero-order valence-corrected chi connectivity index (χ0v) is 14.3. The maximum Gasteiger partial charge on any atom is 0.193 e. The summed E-state index contributed by atoms with van der Waals surface area (Å²) in [5.74, 6) is 4.07. The molecule has 0 radical (unpaired) electrons. The summed E-state index contributed by atoms with van der Waals surface area (Å²) >= 11 is 1.98. The van der Waals surface area contributed by atoms with Crippen LogP contribution in [0.5, 0.6) is 0 Å². The van der Waals surface area contributed by atoms with Crippen LogP contribution in [-0.4, -0.2) is 43.3 Å². The number of thioether (sulfide) groups is 1. The Bertz CT molecular complexity index is 484. The van der Waals surface area contributed by atoms with Crippen molar-refractivity contribution in [2.24, 2.45) is 16.8 Å². The van der Waals surface area contributed by atoms with E-state index in [-0.39, 0.29) is 0 Å². The molecule has 1 aliphatic heterocycles. The summed E-state index contributed by atoms with van der Waals surface area (Å²) in [6, 6.07) is 10.7. The Kier molecular flexibility index (Phi) is 5.65. The van der Waals surface area contributed by atoms with Gasteiger partial charge in [0.05, 0.1) is 0 Å². The Morgan fingerprint density at radius 2 is 2.05 bits per heavy atom.